The number of aryl methyl sites for hydroxylation is 1. The molecule has 2 heterocycles. The molecule has 1 amide bonds. The minimum Gasteiger partial charge on any atom is -0.379 e. The van der Waals surface area contributed by atoms with Gasteiger partial charge in [0.25, 0.3) is 0 Å². The van der Waals surface area contributed by atoms with Crippen molar-refractivity contribution in [2.45, 2.75) is 38.5 Å². The number of ether oxygens (including phenoxy) is 1. The van der Waals surface area contributed by atoms with Crippen molar-refractivity contribution in [2.75, 3.05) is 20.2 Å². The van der Waals surface area contributed by atoms with E-state index in [-0.39, 0.29) is 18.1 Å². The molecule has 4 atom stereocenters. The van der Waals surface area contributed by atoms with Crippen molar-refractivity contribution >= 4 is 5.91 Å². The van der Waals surface area contributed by atoms with Crippen LogP contribution in [0.4, 0.5) is 0 Å². The van der Waals surface area contributed by atoms with Crippen LogP contribution in [0.25, 0.3) is 0 Å². The maximum atomic E-state index is 11.4. The zero-order valence-electron chi connectivity index (χ0n) is 13.7. The highest BCUT2D eigenvalue weighted by Crippen LogP contribution is 2.37. The molecular weight excluding hydrogens is 280 g/mol. The molecule has 6 heteroatoms. The molecule has 0 radical (unpaired) electrons. The normalized spacial score (nSPS) is 32.0. The van der Waals surface area contributed by atoms with Gasteiger partial charge in [0.15, 0.2) is 0 Å². The number of carbonyl (C=O) groups is 1. The Morgan fingerprint density at radius 2 is 2.14 bits per heavy atom. The van der Waals surface area contributed by atoms with Crippen LogP contribution in [0.1, 0.15) is 25.6 Å². The maximum Gasteiger partial charge on any atom is 0.217 e. The molecule has 0 spiro atoms. The average molecular weight is 306 g/mol. The molecule has 1 N–H and O–H groups in total. The molecule has 6 nitrogen and oxygen atoms in total. The van der Waals surface area contributed by atoms with Crippen LogP contribution in [-0.2, 0) is 23.1 Å². The van der Waals surface area contributed by atoms with Gasteiger partial charge in [0.1, 0.15) is 5.82 Å². The Morgan fingerprint density at radius 3 is 2.73 bits per heavy atom. The number of methoxy groups -OCH3 is 1. The van der Waals surface area contributed by atoms with Crippen LogP contribution in [0.5, 0.6) is 0 Å². The van der Waals surface area contributed by atoms with E-state index in [0.717, 1.165) is 38.3 Å². The number of aromatic nitrogens is 2. The number of likely N-dealkylation sites (tertiary alicyclic amines) is 1. The molecule has 3 rings (SSSR count). The second-order valence-electron chi connectivity index (χ2n) is 6.72. The SMILES string of the molecule is CO[C@@H]1C[C@H]2CN(Cc3nccn3C)C[C@H]2C[C@H]1NC(C)=O. The highest BCUT2D eigenvalue weighted by Gasteiger charge is 2.42. The topological polar surface area (TPSA) is 59.4 Å². The van der Waals surface area contributed by atoms with Gasteiger partial charge in [-0.25, -0.2) is 4.98 Å². The molecule has 1 aromatic rings. The lowest BCUT2D eigenvalue weighted by Crippen LogP contribution is -2.49. The first-order chi connectivity index (χ1) is 10.6. The number of carbonyl (C=O) groups excluding carboxylic acids is 1. The smallest absolute Gasteiger partial charge is 0.217 e. The van der Waals surface area contributed by atoms with Crippen LogP contribution in [0.2, 0.25) is 0 Å². The number of imidazole rings is 1. The third-order valence-corrected chi connectivity index (χ3v) is 5.17. The average Bonchev–Trinajstić information content (AvgIpc) is 3.03. The van der Waals surface area contributed by atoms with Crippen LogP contribution in [0, 0.1) is 11.8 Å². The Labute approximate surface area is 131 Å². The molecule has 2 fully saturated rings. The van der Waals surface area contributed by atoms with E-state index in [1.54, 1.807) is 14.0 Å². The van der Waals surface area contributed by atoms with Crippen LogP contribution in [0.3, 0.4) is 0 Å². The number of hydrogen-bond acceptors (Lipinski definition) is 4. The standard InChI is InChI=1S/C16H26N4O2/c1-11(21)18-14-6-12-8-20(9-13(12)7-15(14)22-3)10-16-17-4-5-19(16)2/h4-5,12-15H,6-10H2,1-3H3,(H,18,21)/t12-,13+,14-,15-/m1/s1. The molecule has 22 heavy (non-hydrogen) atoms. The van der Waals surface area contributed by atoms with Crippen molar-refractivity contribution in [3.63, 3.8) is 0 Å². The molecule has 1 saturated carbocycles. The molecule has 0 bridgehead atoms. The molecule has 1 aromatic heterocycles. The fourth-order valence-electron chi connectivity index (χ4n) is 4.06. The molecule has 2 aliphatic rings. The van der Waals surface area contributed by atoms with Crippen molar-refractivity contribution < 1.29 is 9.53 Å². The predicted molar refractivity (Wildman–Crippen MR) is 83.1 cm³/mol. The molecule has 0 unspecified atom stereocenters. The largest absolute Gasteiger partial charge is 0.379 e. The Kier molecular flexibility index (Phi) is 4.49. The molecular formula is C16H26N4O2. The first-order valence-corrected chi connectivity index (χ1v) is 8.05. The second-order valence-corrected chi connectivity index (χ2v) is 6.72. The lowest BCUT2D eigenvalue weighted by atomic mass is 9.77. The summed E-state index contributed by atoms with van der Waals surface area (Å²) < 4.78 is 7.71. The van der Waals surface area contributed by atoms with Crippen LogP contribution < -0.4 is 5.32 Å². The number of hydrogen-bond donors (Lipinski definition) is 1. The molecule has 1 saturated heterocycles. The molecule has 1 aliphatic carbocycles. The van der Waals surface area contributed by atoms with Gasteiger partial charge in [-0.05, 0) is 24.7 Å². The molecule has 122 valence electrons. The van der Waals surface area contributed by atoms with Crippen molar-refractivity contribution in [1.82, 2.24) is 19.8 Å². The van der Waals surface area contributed by atoms with Crippen LogP contribution >= 0.6 is 0 Å². The van der Waals surface area contributed by atoms with E-state index in [0.29, 0.717) is 11.8 Å². The number of nitrogens with zero attached hydrogens (tertiary/aromatic N) is 3. The Balaban J connectivity index is 1.63. The Bertz CT molecular complexity index is 530. The summed E-state index contributed by atoms with van der Waals surface area (Å²) in [5.41, 5.74) is 0. The Hall–Kier alpha value is -1.40. The zero-order valence-corrected chi connectivity index (χ0v) is 13.7. The van der Waals surface area contributed by atoms with Crippen molar-refractivity contribution in [2.24, 2.45) is 18.9 Å². The van der Waals surface area contributed by atoms with E-state index in [4.69, 9.17) is 4.74 Å². The van der Waals surface area contributed by atoms with Crippen molar-refractivity contribution in [3.05, 3.63) is 18.2 Å². The summed E-state index contributed by atoms with van der Waals surface area (Å²) >= 11 is 0. The van der Waals surface area contributed by atoms with Gasteiger partial charge in [-0.15, -0.1) is 0 Å². The third kappa shape index (κ3) is 3.17. The lowest BCUT2D eigenvalue weighted by molar-refractivity contribution is -0.121. The zero-order chi connectivity index (χ0) is 15.7. The molecule has 0 aromatic carbocycles. The van der Waals surface area contributed by atoms with Gasteiger partial charge in [-0.2, -0.15) is 0 Å². The summed E-state index contributed by atoms with van der Waals surface area (Å²) in [6.45, 7) is 4.67. The summed E-state index contributed by atoms with van der Waals surface area (Å²) in [5, 5.41) is 3.07. The van der Waals surface area contributed by atoms with Gasteiger partial charge < -0.3 is 14.6 Å². The van der Waals surface area contributed by atoms with Gasteiger partial charge in [0.05, 0.1) is 18.7 Å². The number of fused-ring (bicyclic) bond motifs is 1. The van der Waals surface area contributed by atoms with Crippen molar-refractivity contribution in [3.8, 4) is 0 Å². The highest BCUT2D eigenvalue weighted by molar-refractivity contribution is 5.73. The van der Waals surface area contributed by atoms with Gasteiger partial charge in [-0.3, -0.25) is 9.69 Å². The predicted octanol–water partition coefficient (Wildman–Crippen LogP) is 0.782. The minimum atomic E-state index is 0.0355. The van der Waals surface area contributed by atoms with E-state index in [1.165, 1.54) is 0 Å². The summed E-state index contributed by atoms with van der Waals surface area (Å²) in [6, 6.07) is 0.150. The highest BCUT2D eigenvalue weighted by atomic mass is 16.5. The summed E-state index contributed by atoms with van der Waals surface area (Å²) in [7, 11) is 3.79. The van der Waals surface area contributed by atoms with Crippen LogP contribution in [-0.4, -0.2) is 52.7 Å². The minimum absolute atomic E-state index is 0.0355. The van der Waals surface area contributed by atoms with E-state index < -0.39 is 0 Å². The van der Waals surface area contributed by atoms with E-state index in [2.05, 4.69) is 19.8 Å². The van der Waals surface area contributed by atoms with Crippen molar-refractivity contribution in [1.29, 1.82) is 0 Å². The first-order valence-electron chi connectivity index (χ1n) is 8.05. The fraction of sp³-hybridized carbons (Fsp3) is 0.750. The van der Waals surface area contributed by atoms with Crippen LogP contribution in [0.15, 0.2) is 12.4 Å². The number of nitrogens with one attached hydrogen (secondary N) is 1. The van der Waals surface area contributed by atoms with Gasteiger partial charge >= 0.3 is 0 Å². The number of rotatable bonds is 4. The lowest BCUT2D eigenvalue weighted by Gasteiger charge is -2.37. The quantitative estimate of drug-likeness (QED) is 0.893. The summed E-state index contributed by atoms with van der Waals surface area (Å²) in [6.07, 6.45) is 6.03. The second kappa shape index (κ2) is 6.38. The van der Waals surface area contributed by atoms with E-state index in [1.807, 2.05) is 19.4 Å². The molecule has 1 aliphatic heterocycles. The Morgan fingerprint density at radius 1 is 1.41 bits per heavy atom. The van der Waals surface area contributed by atoms with E-state index in [9.17, 15) is 4.79 Å². The summed E-state index contributed by atoms with van der Waals surface area (Å²) in [5.74, 6) is 2.45. The van der Waals surface area contributed by atoms with Gasteiger partial charge in [0.2, 0.25) is 5.91 Å². The number of amides is 1. The van der Waals surface area contributed by atoms with Gasteiger partial charge in [-0.1, -0.05) is 0 Å². The monoisotopic (exact) mass is 306 g/mol. The first kappa shape index (κ1) is 15.5. The summed E-state index contributed by atoms with van der Waals surface area (Å²) in [4.78, 5) is 18.3. The maximum absolute atomic E-state index is 11.4. The van der Waals surface area contributed by atoms with E-state index >= 15 is 0 Å². The third-order valence-electron chi connectivity index (χ3n) is 5.17. The van der Waals surface area contributed by atoms with Gasteiger partial charge in [0, 0.05) is 46.6 Å². The fourth-order valence-corrected chi connectivity index (χ4v) is 4.06.